The molecule has 0 spiro atoms. The quantitative estimate of drug-likeness (QED) is 0.565. The van der Waals surface area contributed by atoms with E-state index in [0.717, 1.165) is 5.69 Å². The van der Waals surface area contributed by atoms with Gasteiger partial charge in [0.1, 0.15) is 11.8 Å². The molecule has 62 valence electrons. The summed E-state index contributed by atoms with van der Waals surface area (Å²) >= 11 is 0. The number of aliphatic hydroxyl groups is 1. The number of rotatable bonds is 0. The summed E-state index contributed by atoms with van der Waals surface area (Å²) in [6, 6.07) is 3.61. The lowest BCUT2D eigenvalue weighted by molar-refractivity contribution is 0.253. The van der Waals surface area contributed by atoms with Crippen molar-refractivity contribution in [1.29, 1.82) is 0 Å². The first kappa shape index (κ1) is 8.69. The molecule has 0 saturated heterocycles. The minimum absolute atomic E-state index is 0.585. The van der Waals surface area contributed by atoms with E-state index in [0.29, 0.717) is 5.69 Å². The average molecular weight is 162 g/mol. The fraction of sp³-hybridized carbons (Fsp3) is 0.333. The second-order valence-electron chi connectivity index (χ2n) is 2.51. The predicted octanol–water partition coefficient (Wildman–Crippen LogP) is 0.517. The zero-order chi connectivity index (χ0) is 8.97. The van der Waals surface area contributed by atoms with Crippen LogP contribution in [0.4, 0.5) is 0 Å². The summed E-state index contributed by atoms with van der Waals surface area (Å²) in [4.78, 5) is 0. The van der Waals surface area contributed by atoms with Gasteiger partial charge in [0.15, 0.2) is 0 Å². The van der Waals surface area contributed by atoms with Crippen molar-refractivity contribution in [1.82, 2.24) is 10.2 Å². The summed E-state index contributed by atoms with van der Waals surface area (Å²) in [7, 11) is 0. The molecule has 1 unspecified atom stereocenters. The van der Waals surface area contributed by atoms with E-state index in [4.69, 9.17) is 5.11 Å². The van der Waals surface area contributed by atoms with Crippen molar-refractivity contribution in [3.63, 3.8) is 0 Å². The molecule has 0 radical (unpaired) electrons. The summed E-state index contributed by atoms with van der Waals surface area (Å²) in [5.41, 5.74) is 1.44. The van der Waals surface area contributed by atoms with Gasteiger partial charge in [-0.05, 0) is 31.9 Å². The minimum atomic E-state index is -0.617. The molecule has 1 atom stereocenters. The van der Waals surface area contributed by atoms with Crippen LogP contribution in [0.2, 0.25) is 0 Å². The fourth-order valence-electron chi connectivity index (χ4n) is 0.644. The van der Waals surface area contributed by atoms with E-state index in [1.807, 2.05) is 13.0 Å². The Labute approximate surface area is 71.5 Å². The van der Waals surface area contributed by atoms with Gasteiger partial charge in [-0.3, -0.25) is 0 Å². The van der Waals surface area contributed by atoms with Gasteiger partial charge < -0.3 is 5.11 Å². The maximum Gasteiger partial charge on any atom is 0.136 e. The van der Waals surface area contributed by atoms with Crippen molar-refractivity contribution >= 4 is 0 Å². The largest absolute Gasteiger partial charge is 0.381 e. The van der Waals surface area contributed by atoms with E-state index in [1.54, 1.807) is 13.0 Å². The van der Waals surface area contributed by atoms with Gasteiger partial charge in [-0.15, -0.1) is 5.10 Å². The van der Waals surface area contributed by atoms with E-state index in [1.165, 1.54) is 0 Å². The molecule has 3 heteroatoms. The van der Waals surface area contributed by atoms with Gasteiger partial charge in [0.25, 0.3) is 0 Å². The van der Waals surface area contributed by atoms with E-state index < -0.39 is 6.10 Å². The van der Waals surface area contributed by atoms with Crippen molar-refractivity contribution in [3.05, 3.63) is 23.5 Å². The third-order valence-corrected chi connectivity index (χ3v) is 1.21. The van der Waals surface area contributed by atoms with Crippen molar-refractivity contribution < 1.29 is 5.11 Å². The van der Waals surface area contributed by atoms with Gasteiger partial charge in [-0.25, -0.2) is 0 Å². The van der Waals surface area contributed by atoms with Gasteiger partial charge in [-0.1, -0.05) is 5.92 Å². The highest BCUT2D eigenvalue weighted by Gasteiger charge is 1.89. The number of hydrogen-bond acceptors (Lipinski definition) is 3. The lowest BCUT2D eigenvalue weighted by Gasteiger charge is -1.90. The van der Waals surface area contributed by atoms with E-state index >= 15 is 0 Å². The Balaban J connectivity index is 2.79. The summed E-state index contributed by atoms with van der Waals surface area (Å²) in [6.07, 6.45) is -0.617. The molecule has 0 aromatic carbocycles. The van der Waals surface area contributed by atoms with Crippen LogP contribution in [-0.4, -0.2) is 21.4 Å². The molecule has 0 aliphatic rings. The van der Waals surface area contributed by atoms with Gasteiger partial charge in [0, 0.05) is 0 Å². The van der Waals surface area contributed by atoms with Crippen LogP contribution in [0.25, 0.3) is 0 Å². The van der Waals surface area contributed by atoms with Crippen LogP contribution in [0.1, 0.15) is 18.3 Å². The monoisotopic (exact) mass is 162 g/mol. The summed E-state index contributed by atoms with van der Waals surface area (Å²) in [5.74, 6) is 5.28. The molecule has 0 bridgehead atoms. The highest BCUT2D eigenvalue weighted by molar-refractivity contribution is 5.27. The SMILES string of the molecule is Cc1ccc(C#CC(C)O)nn1. The molecule has 1 rings (SSSR count). The molecule has 1 aromatic heterocycles. The molecule has 0 aliphatic heterocycles. The van der Waals surface area contributed by atoms with Gasteiger partial charge in [-0.2, -0.15) is 5.10 Å². The molecule has 1 N–H and O–H groups in total. The Morgan fingerprint density at radius 2 is 2.17 bits per heavy atom. The molecule has 0 amide bonds. The van der Waals surface area contributed by atoms with Crippen LogP contribution in [0.15, 0.2) is 12.1 Å². The highest BCUT2D eigenvalue weighted by Crippen LogP contribution is 1.92. The summed E-state index contributed by atoms with van der Waals surface area (Å²) in [6.45, 7) is 3.47. The zero-order valence-corrected chi connectivity index (χ0v) is 7.07. The van der Waals surface area contributed by atoms with Crippen molar-refractivity contribution in [3.8, 4) is 11.8 Å². The normalized spacial score (nSPS) is 11.6. The van der Waals surface area contributed by atoms with Gasteiger partial charge >= 0.3 is 0 Å². The van der Waals surface area contributed by atoms with Gasteiger partial charge in [0.2, 0.25) is 0 Å². The van der Waals surface area contributed by atoms with Crippen LogP contribution in [-0.2, 0) is 0 Å². The maximum absolute atomic E-state index is 8.85. The molecule has 0 fully saturated rings. The molecule has 1 heterocycles. The molecule has 12 heavy (non-hydrogen) atoms. The molecule has 1 aromatic rings. The highest BCUT2D eigenvalue weighted by atomic mass is 16.3. The molecule has 3 nitrogen and oxygen atoms in total. The number of aromatic nitrogens is 2. The van der Waals surface area contributed by atoms with Crippen molar-refractivity contribution in [2.24, 2.45) is 0 Å². The first-order valence-corrected chi connectivity index (χ1v) is 3.68. The Morgan fingerprint density at radius 3 is 2.67 bits per heavy atom. The smallest absolute Gasteiger partial charge is 0.136 e. The van der Waals surface area contributed by atoms with Crippen LogP contribution in [0.3, 0.4) is 0 Å². The maximum atomic E-state index is 8.85. The van der Waals surface area contributed by atoms with E-state index in [2.05, 4.69) is 22.0 Å². The lowest BCUT2D eigenvalue weighted by atomic mass is 10.3. The Kier molecular flexibility index (Phi) is 2.78. The van der Waals surface area contributed by atoms with Crippen LogP contribution in [0, 0.1) is 18.8 Å². The van der Waals surface area contributed by atoms with Crippen molar-refractivity contribution in [2.45, 2.75) is 20.0 Å². The van der Waals surface area contributed by atoms with Crippen LogP contribution in [0.5, 0.6) is 0 Å². The predicted molar refractivity (Wildman–Crippen MR) is 45.3 cm³/mol. The topological polar surface area (TPSA) is 46.0 Å². The van der Waals surface area contributed by atoms with Crippen molar-refractivity contribution in [2.75, 3.05) is 0 Å². The third-order valence-electron chi connectivity index (χ3n) is 1.21. The zero-order valence-electron chi connectivity index (χ0n) is 7.07. The average Bonchev–Trinajstić information content (AvgIpc) is 2.03. The second kappa shape index (κ2) is 3.84. The van der Waals surface area contributed by atoms with E-state index in [9.17, 15) is 0 Å². The van der Waals surface area contributed by atoms with E-state index in [-0.39, 0.29) is 0 Å². The summed E-state index contributed by atoms with van der Waals surface area (Å²) < 4.78 is 0. The molecule has 0 aliphatic carbocycles. The first-order valence-electron chi connectivity index (χ1n) is 3.68. The lowest BCUT2D eigenvalue weighted by Crippen LogP contribution is -1.94. The fourth-order valence-corrected chi connectivity index (χ4v) is 0.644. The Hall–Kier alpha value is -1.40. The molecular weight excluding hydrogens is 152 g/mol. The summed E-state index contributed by atoms with van der Waals surface area (Å²) in [5, 5.41) is 16.5. The van der Waals surface area contributed by atoms with Gasteiger partial charge in [0.05, 0.1) is 5.69 Å². The first-order chi connectivity index (χ1) is 5.68. The number of nitrogens with zero attached hydrogens (tertiary/aromatic N) is 2. The standard InChI is InChI=1S/C9H10N2O/c1-7-3-5-9(11-10-7)6-4-8(2)12/h3,5,8,12H,1-2H3. The second-order valence-corrected chi connectivity index (χ2v) is 2.51. The minimum Gasteiger partial charge on any atom is -0.381 e. The van der Waals surface area contributed by atoms with Crippen LogP contribution < -0.4 is 0 Å². The Morgan fingerprint density at radius 1 is 1.42 bits per heavy atom. The third kappa shape index (κ3) is 2.69. The number of aliphatic hydroxyl groups excluding tert-OH is 1. The van der Waals surface area contributed by atoms with Crippen LogP contribution >= 0.6 is 0 Å². The molecule has 0 saturated carbocycles. The number of aryl methyl sites for hydroxylation is 1. The molecular formula is C9H10N2O. The Bertz CT molecular complexity index is 306. The number of hydrogen-bond donors (Lipinski definition) is 1.